The van der Waals surface area contributed by atoms with Gasteiger partial charge in [-0.2, -0.15) is 0 Å². The molecule has 2 nitrogen and oxygen atoms in total. The van der Waals surface area contributed by atoms with Gasteiger partial charge in [0.1, 0.15) is 0 Å². The quantitative estimate of drug-likeness (QED) is 0.600. The molecule has 0 bridgehead atoms. The van der Waals surface area contributed by atoms with Gasteiger partial charge in [0.05, 0.1) is 5.69 Å². The number of rotatable bonds is 4. The van der Waals surface area contributed by atoms with Crippen molar-refractivity contribution in [2.75, 3.05) is 11.7 Å². The van der Waals surface area contributed by atoms with Crippen molar-refractivity contribution in [3.05, 3.63) is 89.4 Å². The first-order valence-corrected chi connectivity index (χ1v) is 9.79. The van der Waals surface area contributed by atoms with Crippen molar-refractivity contribution in [3.8, 4) is 0 Å². The molecule has 0 aliphatic carbocycles. The first kappa shape index (κ1) is 16.0. The maximum atomic E-state index is 14.2. The van der Waals surface area contributed by atoms with Crippen LogP contribution >= 0.6 is 23.2 Å². The molecule has 0 amide bonds. The Labute approximate surface area is 145 Å². The van der Waals surface area contributed by atoms with Gasteiger partial charge in [0.2, 0.25) is 7.29 Å². The molecular weight excluding hydrogens is 369 g/mol. The average Bonchev–Trinajstić information content (AvgIpc) is 2.62. The number of nitrogens with zero attached hydrogens (tertiary/aromatic N) is 1. The van der Waals surface area contributed by atoms with Crippen LogP contribution in [0, 0.1) is 0 Å². The van der Waals surface area contributed by atoms with Crippen molar-refractivity contribution in [2.45, 2.75) is 0 Å². The summed E-state index contributed by atoms with van der Waals surface area (Å²) in [6.07, 6.45) is 0. The van der Waals surface area contributed by atoms with Gasteiger partial charge >= 0.3 is 0 Å². The van der Waals surface area contributed by atoms with Crippen molar-refractivity contribution >= 4 is 39.5 Å². The number of anilines is 1. The fraction of sp³-hybridized carbons (Fsp3) is 0.0526. The summed E-state index contributed by atoms with van der Waals surface area (Å²) in [5.41, 5.74) is 0.906. The Hall–Kier alpha value is -1.83. The van der Waals surface area contributed by atoms with Crippen LogP contribution in [0.15, 0.2) is 89.4 Å². The van der Waals surface area contributed by atoms with Crippen LogP contribution in [0.2, 0.25) is 0 Å². The molecule has 3 aromatic carbocycles. The highest BCUT2D eigenvalue weighted by atomic mass is 79.9. The lowest BCUT2D eigenvalue weighted by atomic mass is 10.3. The van der Waals surface area contributed by atoms with Gasteiger partial charge < -0.3 is 4.67 Å². The second-order valence-corrected chi connectivity index (χ2v) is 8.86. The summed E-state index contributed by atoms with van der Waals surface area (Å²) >= 11 is 3.57. The molecule has 3 rings (SSSR count). The molecule has 0 heterocycles. The highest BCUT2D eigenvalue weighted by molar-refractivity contribution is 9.10. The van der Waals surface area contributed by atoms with Crippen molar-refractivity contribution < 1.29 is 4.57 Å². The predicted octanol–water partition coefficient (Wildman–Crippen LogP) is 4.81. The monoisotopic (exact) mass is 385 g/mol. The first-order chi connectivity index (χ1) is 11.1. The lowest BCUT2D eigenvalue weighted by molar-refractivity contribution is 0.586. The van der Waals surface area contributed by atoms with E-state index in [1.807, 2.05) is 96.6 Å². The first-order valence-electron chi connectivity index (χ1n) is 7.34. The molecule has 0 saturated heterocycles. The zero-order valence-corrected chi connectivity index (χ0v) is 15.2. The van der Waals surface area contributed by atoms with Crippen molar-refractivity contribution in [2.24, 2.45) is 0 Å². The Morgan fingerprint density at radius 3 is 1.65 bits per heavy atom. The van der Waals surface area contributed by atoms with E-state index in [1.165, 1.54) is 0 Å². The largest absolute Gasteiger partial charge is 0.318 e. The molecular formula is C19H17BrNOP. The third kappa shape index (κ3) is 2.99. The maximum absolute atomic E-state index is 14.2. The van der Waals surface area contributed by atoms with Crippen LogP contribution in [-0.2, 0) is 4.57 Å². The number of para-hydroxylation sites is 1. The fourth-order valence-corrected chi connectivity index (χ4v) is 5.93. The minimum atomic E-state index is -2.96. The minimum absolute atomic E-state index is 0.824. The number of benzene rings is 3. The normalized spacial score (nSPS) is 11.2. The Balaban J connectivity index is 2.21. The number of halogens is 1. The summed E-state index contributed by atoms with van der Waals surface area (Å²) in [4.78, 5) is 0. The van der Waals surface area contributed by atoms with Crippen LogP contribution in [0.4, 0.5) is 5.69 Å². The van der Waals surface area contributed by atoms with Crippen LogP contribution in [0.25, 0.3) is 0 Å². The maximum Gasteiger partial charge on any atom is 0.229 e. The van der Waals surface area contributed by atoms with Gasteiger partial charge in [0.25, 0.3) is 0 Å². The van der Waals surface area contributed by atoms with E-state index in [2.05, 4.69) is 15.9 Å². The zero-order chi connectivity index (χ0) is 16.3. The van der Waals surface area contributed by atoms with Crippen LogP contribution in [0.3, 0.4) is 0 Å². The van der Waals surface area contributed by atoms with E-state index in [4.69, 9.17) is 0 Å². The Kier molecular flexibility index (Phi) is 4.70. The Morgan fingerprint density at radius 1 is 0.739 bits per heavy atom. The van der Waals surface area contributed by atoms with Gasteiger partial charge in [-0.1, -0.05) is 48.5 Å². The molecule has 0 aromatic heterocycles. The van der Waals surface area contributed by atoms with Gasteiger partial charge in [-0.25, -0.2) is 0 Å². The third-order valence-corrected chi connectivity index (χ3v) is 7.56. The molecule has 0 aliphatic heterocycles. The van der Waals surface area contributed by atoms with Gasteiger partial charge in [-0.15, -0.1) is 0 Å². The molecule has 23 heavy (non-hydrogen) atoms. The molecule has 0 saturated carbocycles. The van der Waals surface area contributed by atoms with E-state index in [0.29, 0.717) is 0 Å². The van der Waals surface area contributed by atoms with Crippen LogP contribution in [0.5, 0.6) is 0 Å². The van der Waals surface area contributed by atoms with Gasteiger partial charge in [0.15, 0.2) is 0 Å². The highest BCUT2D eigenvalue weighted by Gasteiger charge is 2.33. The van der Waals surface area contributed by atoms with Gasteiger partial charge in [-0.05, 0) is 52.3 Å². The van der Waals surface area contributed by atoms with E-state index in [1.54, 1.807) is 0 Å². The van der Waals surface area contributed by atoms with Crippen molar-refractivity contribution in [1.82, 2.24) is 0 Å². The second-order valence-electron chi connectivity index (χ2n) is 5.22. The SMILES string of the molecule is CN(c1ccccc1Br)P(=O)(c1ccccc1)c1ccccc1. The van der Waals surface area contributed by atoms with Gasteiger partial charge in [0, 0.05) is 22.1 Å². The van der Waals surface area contributed by atoms with Crippen molar-refractivity contribution in [1.29, 1.82) is 0 Å². The molecule has 0 N–H and O–H groups in total. The van der Waals surface area contributed by atoms with Crippen LogP contribution in [0.1, 0.15) is 0 Å². The summed E-state index contributed by atoms with van der Waals surface area (Å²) in [6.45, 7) is 0. The summed E-state index contributed by atoms with van der Waals surface area (Å²) < 4.78 is 17.0. The standard InChI is InChI=1S/C19H17BrNOP/c1-21(19-15-9-8-14-18(19)20)23(22,16-10-4-2-5-11-16)17-12-6-3-7-13-17/h2-15H,1H3. The molecule has 3 aromatic rings. The molecule has 0 radical (unpaired) electrons. The van der Waals surface area contributed by atoms with Gasteiger partial charge in [-0.3, -0.25) is 4.57 Å². The minimum Gasteiger partial charge on any atom is -0.318 e. The van der Waals surface area contributed by atoms with E-state index >= 15 is 0 Å². The molecule has 0 spiro atoms. The summed E-state index contributed by atoms with van der Waals surface area (Å²) in [5.74, 6) is 0. The van der Waals surface area contributed by atoms with E-state index in [0.717, 1.165) is 20.8 Å². The summed E-state index contributed by atoms with van der Waals surface area (Å²) in [7, 11) is -1.07. The van der Waals surface area contributed by atoms with Crippen molar-refractivity contribution in [3.63, 3.8) is 0 Å². The lowest BCUT2D eigenvalue weighted by Crippen LogP contribution is -2.29. The molecule has 4 heteroatoms. The van der Waals surface area contributed by atoms with Crippen LogP contribution in [-0.4, -0.2) is 7.05 Å². The molecule has 116 valence electrons. The number of hydrogen-bond acceptors (Lipinski definition) is 1. The predicted molar refractivity (Wildman–Crippen MR) is 102 cm³/mol. The van der Waals surface area contributed by atoms with E-state index in [-0.39, 0.29) is 0 Å². The molecule has 0 aliphatic rings. The smallest absolute Gasteiger partial charge is 0.229 e. The van der Waals surface area contributed by atoms with E-state index in [9.17, 15) is 4.57 Å². The average molecular weight is 386 g/mol. The van der Waals surface area contributed by atoms with E-state index < -0.39 is 7.29 Å². The summed E-state index contributed by atoms with van der Waals surface area (Å²) in [5, 5.41) is 1.65. The number of hydrogen-bond donors (Lipinski definition) is 0. The molecule has 0 fully saturated rings. The third-order valence-electron chi connectivity index (χ3n) is 3.84. The fourth-order valence-electron chi connectivity index (χ4n) is 2.62. The topological polar surface area (TPSA) is 20.3 Å². The Bertz CT molecular complexity index is 793. The zero-order valence-electron chi connectivity index (χ0n) is 12.8. The van der Waals surface area contributed by atoms with Crippen LogP contribution < -0.4 is 15.3 Å². The highest BCUT2D eigenvalue weighted by Crippen LogP contribution is 2.50. The molecule has 0 unspecified atom stereocenters. The lowest BCUT2D eigenvalue weighted by Gasteiger charge is -2.31. The molecule has 0 atom stereocenters. The Morgan fingerprint density at radius 2 is 1.17 bits per heavy atom. The second kappa shape index (κ2) is 6.74. The summed E-state index contributed by atoms with van der Waals surface area (Å²) in [6, 6.07) is 27.2.